The number of hydrogen-bond donors (Lipinski definition) is 2. The van der Waals surface area contributed by atoms with Crippen LogP contribution in [-0.2, 0) is 9.59 Å². The van der Waals surface area contributed by atoms with E-state index in [1.54, 1.807) is 23.6 Å². The van der Waals surface area contributed by atoms with Crippen LogP contribution in [0.4, 0.5) is 4.79 Å². The maximum absolute atomic E-state index is 12.1. The molecule has 0 aliphatic carbocycles. The molecule has 1 atom stereocenters. The molecule has 0 radical (unpaired) electrons. The van der Waals surface area contributed by atoms with Gasteiger partial charge in [-0.25, -0.2) is 9.59 Å². The first kappa shape index (κ1) is 16.3. The fraction of sp³-hybridized carbons (Fsp3) is 0.769. The third kappa shape index (κ3) is 4.40. The standard InChI is InChI=1S/C13H23N3O4/c1-9(2)11(12(18)19)14-13(20)16-6-4-5-15(7-8-16)10(3)17/h9,11H,4-8H2,1-3H3,(H,14,20)(H,18,19). The van der Waals surface area contributed by atoms with Crippen LogP contribution >= 0.6 is 0 Å². The zero-order valence-corrected chi connectivity index (χ0v) is 12.3. The second kappa shape index (κ2) is 7.12. The van der Waals surface area contributed by atoms with Gasteiger partial charge in [0.05, 0.1) is 0 Å². The average molecular weight is 285 g/mol. The van der Waals surface area contributed by atoms with E-state index in [9.17, 15) is 14.4 Å². The van der Waals surface area contributed by atoms with Crippen molar-refractivity contribution in [3.63, 3.8) is 0 Å². The predicted molar refractivity (Wildman–Crippen MR) is 73.2 cm³/mol. The van der Waals surface area contributed by atoms with E-state index in [-0.39, 0.29) is 17.9 Å². The molecule has 0 aromatic carbocycles. The van der Waals surface area contributed by atoms with Gasteiger partial charge in [0, 0.05) is 33.1 Å². The molecule has 1 heterocycles. The maximum Gasteiger partial charge on any atom is 0.326 e. The van der Waals surface area contributed by atoms with Gasteiger partial charge in [-0.1, -0.05) is 13.8 Å². The van der Waals surface area contributed by atoms with Crippen LogP contribution in [0.15, 0.2) is 0 Å². The Morgan fingerprint density at radius 3 is 2.10 bits per heavy atom. The topological polar surface area (TPSA) is 90.0 Å². The van der Waals surface area contributed by atoms with Crippen molar-refractivity contribution in [2.24, 2.45) is 5.92 Å². The minimum Gasteiger partial charge on any atom is -0.480 e. The number of nitrogens with zero attached hydrogens (tertiary/aromatic N) is 2. The highest BCUT2D eigenvalue weighted by molar-refractivity contribution is 5.82. The molecule has 1 unspecified atom stereocenters. The van der Waals surface area contributed by atoms with Crippen LogP contribution in [0.25, 0.3) is 0 Å². The van der Waals surface area contributed by atoms with Gasteiger partial charge in [-0.15, -0.1) is 0 Å². The van der Waals surface area contributed by atoms with Gasteiger partial charge in [0.15, 0.2) is 0 Å². The van der Waals surface area contributed by atoms with Gasteiger partial charge >= 0.3 is 12.0 Å². The molecule has 1 aliphatic rings. The van der Waals surface area contributed by atoms with E-state index >= 15 is 0 Å². The number of amides is 3. The molecule has 0 spiro atoms. The number of carbonyl (C=O) groups excluding carboxylic acids is 2. The first-order valence-electron chi connectivity index (χ1n) is 6.86. The van der Waals surface area contributed by atoms with Crippen molar-refractivity contribution in [2.75, 3.05) is 26.2 Å². The number of carboxylic acid groups (broad SMARTS) is 1. The van der Waals surface area contributed by atoms with Crippen LogP contribution in [0.2, 0.25) is 0 Å². The average Bonchev–Trinajstić information content (AvgIpc) is 2.60. The number of aliphatic carboxylic acids is 1. The number of rotatable bonds is 3. The third-order valence-electron chi connectivity index (χ3n) is 3.44. The van der Waals surface area contributed by atoms with E-state index < -0.39 is 12.0 Å². The minimum absolute atomic E-state index is 0.00199. The van der Waals surface area contributed by atoms with Crippen LogP contribution in [0.3, 0.4) is 0 Å². The molecular formula is C13H23N3O4. The van der Waals surface area contributed by atoms with E-state index in [1.165, 1.54) is 6.92 Å². The molecule has 114 valence electrons. The van der Waals surface area contributed by atoms with Gasteiger partial charge in [0.25, 0.3) is 0 Å². The monoisotopic (exact) mass is 285 g/mol. The predicted octanol–water partition coefficient (Wildman–Crippen LogP) is 0.359. The molecule has 20 heavy (non-hydrogen) atoms. The van der Waals surface area contributed by atoms with Crippen molar-refractivity contribution in [3.8, 4) is 0 Å². The van der Waals surface area contributed by atoms with Crippen LogP contribution in [0.1, 0.15) is 27.2 Å². The second-order valence-corrected chi connectivity index (χ2v) is 5.36. The SMILES string of the molecule is CC(=O)N1CCCN(C(=O)NC(C(=O)O)C(C)C)CC1. The van der Waals surface area contributed by atoms with Crippen molar-refractivity contribution >= 4 is 17.9 Å². The maximum atomic E-state index is 12.1. The van der Waals surface area contributed by atoms with Crippen molar-refractivity contribution in [1.29, 1.82) is 0 Å². The van der Waals surface area contributed by atoms with Gasteiger partial charge in [0.2, 0.25) is 5.91 Å². The Morgan fingerprint density at radius 1 is 1.05 bits per heavy atom. The summed E-state index contributed by atoms with van der Waals surface area (Å²) in [5.74, 6) is -1.22. The normalized spacial score (nSPS) is 17.6. The minimum atomic E-state index is -1.03. The summed E-state index contributed by atoms with van der Waals surface area (Å²) in [5.41, 5.74) is 0. The molecule has 1 fully saturated rings. The fourth-order valence-electron chi connectivity index (χ4n) is 2.17. The smallest absolute Gasteiger partial charge is 0.326 e. The van der Waals surface area contributed by atoms with Crippen LogP contribution in [-0.4, -0.2) is 65.0 Å². The molecule has 0 aromatic rings. The Bertz CT molecular complexity index is 384. The third-order valence-corrected chi connectivity index (χ3v) is 3.44. The first-order valence-corrected chi connectivity index (χ1v) is 6.86. The summed E-state index contributed by atoms with van der Waals surface area (Å²) < 4.78 is 0. The lowest BCUT2D eigenvalue weighted by atomic mass is 10.1. The zero-order valence-electron chi connectivity index (χ0n) is 12.3. The van der Waals surface area contributed by atoms with Crippen LogP contribution < -0.4 is 5.32 Å². The molecule has 3 amide bonds. The molecule has 1 aliphatic heterocycles. The Labute approximate surface area is 118 Å². The highest BCUT2D eigenvalue weighted by atomic mass is 16.4. The molecule has 0 saturated carbocycles. The number of hydrogen-bond acceptors (Lipinski definition) is 3. The van der Waals surface area contributed by atoms with Gasteiger partial charge < -0.3 is 20.2 Å². The molecular weight excluding hydrogens is 262 g/mol. The number of nitrogens with one attached hydrogen (secondary N) is 1. The summed E-state index contributed by atoms with van der Waals surface area (Å²) in [6.07, 6.45) is 0.701. The molecule has 7 heteroatoms. The lowest BCUT2D eigenvalue weighted by Gasteiger charge is -2.25. The second-order valence-electron chi connectivity index (χ2n) is 5.36. The fourth-order valence-corrected chi connectivity index (χ4v) is 2.17. The van der Waals surface area contributed by atoms with Gasteiger partial charge in [-0.3, -0.25) is 4.79 Å². The summed E-state index contributed by atoms with van der Waals surface area (Å²) in [5, 5.41) is 11.6. The van der Waals surface area contributed by atoms with Crippen molar-refractivity contribution < 1.29 is 19.5 Å². The highest BCUT2D eigenvalue weighted by Gasteiger charge is 2.27. The first-order chi connectivity index (χ1) is 9.32. The Kier molecular flexibility index (Phi) is 5.79. The number of carboxylic acids is 1. The van der Waals surface area contributed by atoms with Crippen LogP contribution in [0, 0.1) is 5.92 Å². The van der Waals surface area contributed by atoms with Crippen molar-refractivity contribution in [1.82, 2.24) is 15.1 Å². The largest absolute Gasteiger partial charge is 0.480 e. The number of urea groups is 1. The molecule has 0 bridgehead atoms. The lowest BCUT2D eigenvalue weighted by molar-refractivity contribution is -0.140. The highest BCUT2D eigenvalue weighted by Crippen LogP contribution is 2.06. The van der Waals surface area contributed by atoms with E-state index in [2.05, 4.69) is 5.32 Å². The van der Waals surface area contributed by atoms with Gasteiger partial charge in [-0.05, 0) is 12.3 Å². The Morgan fingerprint density at radius 2 is 1.60 bits per heavy atom. The Hall–Kier alpha value is -1.79. The van der Waals surface area contributed by atoms with Gasteiger partial charge in [-0.2, -0.15) is 0 Å². The molecule has 1 saturated heterocycles. The van der Waals surface area contributed by atoms with Crippen LogP contribution in [0.5, 0.6) is 0 Å². The summed E-state index contributed by atoms with van der Waals surface area (Å²) in [7, 11) is 0. The Balaban J connectivity index is 2.59. The number of carbonyl (C=O) groups is 3. The summed E-state index contributed by atoms with van der Waals surface area (Å²) in [6.45, 7) is 7.08. The summed E-state index contributed by atoms with van der Waals surface area (Å²) in [6, 6.07) is -1.27. The van der Waals surface area contributed by atoms with E-state index in [0.29, 0.717) is 32.6 Å². The molecule has 0 aromatic heterocycles. The zero-order chi connectivity index (χ0) is 15.3. The van der Waals surface area contributed by atoms with E-state index in [1.807, 2.05) is 0 Å². The quantitative estimate of drug-likeness (QED) is 0.783. The molecule has 7 nitrogen and oxygen atoms in total. The summed E-state index contributed by atoms with van der Waals surface area (Å²) >= 11 is 0. The van der Waals surface area contributed by atoms with Crippen molar-refractivity contribution in [2.45, 2.75) is 33.2 Å². The van der Waals surface area contributed by atoms with E-state index in [0.717, 1.165) is 0 Å². The molecule has 2 N–H and O–H groups in total. The van der Waals surface area contributed by atoms with Gasteiger partial charge in [0.1, 0.15) is 6.04 Å². The van der Waals surface area contributed by atoms with E-state index in [4.69, 9.17) is 5.11 Å². The van der Waals surface area contributed by atoms with Crippen molar-refractivity contribution in [3.05, 3.63) is 0 Å². The molecule has 1 rings (SSSR count). The summed E-state index contributed by atoms with van der Waals surface area (Å²) in [4.78, 5) is 37.8. The lowest BCUT2D eigenvalue weighted by Crippen LogP contribution is -2.51.